The van der Waals surface area contributed by atoms with Crippen molar-refractivity contribution in [2.75, 3.05) is 13.1 Å². The fraction of sp³-hybridized carbons (Fsp3) is 0.412. The van der Waals surface area contributed by atoms with Crippen molar-refractivity contribution in [2.45, 2.75) is 37.7 Å². The smallest absolute Gasteiger partial charge is 0.246 e. The zero-order chi connectivity index (χ0) is 18.9. The van der Waals surface area contributed by atoms with Gasteiger partial charge >= 0.3 is 0 Å². The molecule has 26 heavy (non-hydrogen) atoms. The summed E-state index contributed by atoms with van der Waals surface area (Å²) in [5, 5.41) is 0. The molecule has 1 aromatic carbocycles. The van der Waals surface area contributed by atoms with E-state index in [2.05, 4.69) is 9.97 Å². The van der Waals surface area contributed by atoms with E-state index >= 15 is 0 Å². The minimum Gasteiger partial charge on any atom is -0.473 e. The third-order valence-electron chi connectivity index (χ3n) is 4.08. The van der Waals surface area contributed by atoms with E-state index in [0.717, 1.165) is 22.1 Å². The number of aryl methyl sites for hydroxylation is 2. The van der Waals surface area contributed by atoms with Crippen molar-refractivity contribution in [3.8, 4) is 5.88 Å². The van der Waals surface area contributed by atoms with Gasteiger partial charge in [-0.3, -0.25) is 0 Å². The highest BCUT2D eigenvalue weighted by atomic mass is 32.2. The van der Waals surface area contributed by atoms with Crippen LogP contribution in [0.15, 0.2) is 29.2 Å². The zero-order valence-electron chi connectivity index (χ0n) is 14.4. The second-order valence-electron chi connectivity index (χ2n) is 6.21. The fourth-order valence-electron chi connectivity index (χ4n) is 2.95. The van der Waals surface area contributed by atoms with Gasteiger partial charge in [-0.15, -0.1) is 0 Å². The third kappa shape index (κ3) is 3.99. The van der Waals surface area contributed by atoms with Crippen molar-refractivity contribution >= 4 is 10.0 Å². The van der Waals surface area contributed by atoms with E-state index in [-0.39, 0.29) is 13.1 Å². The first-order valence-corrected chi connectivity index (χ1v) is 9.64. The number of benzene rings is 1. The minimum absolute atomic E-state index is 0.0420. The molecule has 1 unspecified atom stereocenters. The molecule has 2 aromatic rings. The highest BCUT2D eigenvalue weighted by Crippen LogP contribution is 2.25. The summed E-state index contributed by atoms with van der Waals surface area (Å²) in [6.07, 6.45) is 0.757. The molecule has 1 aliphatic heterocycles. The molecular formula is C17H19F2N3O3S. The largest absolute Gasteiger partial charge is 0.473 e. The zero-order valence-corrected chi connectivity index (χ0v) is 15.3. The van der Waals surface area contributed by atoms with E-state index in [4.69, 9.17) is 4.74 Å². The van der Waals surface area contributed by atoms with Crippen LogP contribution in [0.2, 0.25) is 0 Å². The molecule has 1 saturated heterocycles. The Bertz CT molecular complexity index is 901. The molecular weight excluding hydrogens is 364 g/mol. The Labute approximate surface area is 150 Å². The van der Waals surface area contributed by atoms with Crippen LogP contribution in [0.3, 0.4) is 0 Å². The summed E-state index contributed by atoms with van der Waals surface area (Å²) in [4.78, 5) is 7.69. The summed E-state index contributed by atoms with van der Waals surface area (Å²) in [5.74, 6) is -0.850. The van der Waals surface area contributed by atoms with E-state index in [0.29, 0.717) is 30.6 Å². The van der Waals surface area contributed by atoms with Crippen LogP contribution in [0.25, 0.3) is 0 Å². The van der Waals surface area contributed by atoms with Gasteiger partial charge in [0.05, 0.1) is 6.54 Å². The molecule has 1 aromatic heterocycles. The van der Waals surface area contributed by atoms with Crippen LogP contribution in [-0.2, 0) is 10.0 Å². The summed E-state index contributed by atoms with van der Waals surface area (Å²) < 4.78 is 59.7. The Morgan fingerprint density at radius 1 is 1.19 bits per heavy atom. The Morgan fingerprint density at radius 2 is 1.96 bits per heavy atom. The van der Waals surface area contributed by atoms with Crippen LogP contribution in [-0.4, -0.2) is 41.9 Å². The van der Waals surface area contributed by atoms with Gasteiger partial charge in [0, 0.05) is 18.3 Å². The number of piperidine rings is 1. The molecule has 0 radical (unpaired) electrons. The van der Waals surface area contributed by atoms with Gasteiger partial charge in [0.15, 0.2) is 0 Å². The van der Waals surface area contributed by atoms with E-state index in [1.807, 2.05) is 6.92 Å². The van der Waals surface area contributed by atoms with Crippen LogP contribution < -0.4 is 4.74 Å². The highest BCUT2D eigenvalue weighted by Gasteiger charge is 2.33. The topological polar surface area (TPSA) is 72.4 Å². The molecule has 1 atom stereocenters. The Hall–Kier alpha value is -2.13. The Balaban J connectivity index is 1.80. The lowest BCUT2D eigenvalue weighted by atomic mass is 10.1. The van der Waals surface area contributed by atoms with E-state index in [1.165, 1.54) is 0 Å². The maximum atomic E-state index is 13.9. The molecule has 0 aliphatic carbocycles. The molecule has 140 valence electrons. The number of nitrogens with zero attached hydrogens (tertiary/aromatic N) is 3. The number of hydrogen-bond donors (Lipinski definition) is 0. The van der Waals surface area contributed by atoms with Crippen LogP contribution in [0, 0.1) is 25.5 Å². The molecule has 3 rings (SSSR count). The van der Waals surface area contributed by atoms with Crippen molar-refractivity contribution < 1.29 is 21.9 Å². The van der Waals surface area contributed by atoms with Crippen LogP contribution in [0.5, 0.6) is 5.88 Å². The average molecular weight is 383 g/mol. The number of aromatic nitrogens is 2. The van der Waals surface area contributed by atoms with Crippen molar-refractivity contribution in [1.82, 2.24) is 14.3 Å². The van der Waals surface area contributed by atoms with Crippen molar-refractivity contribution in [2.24, 2.45) is 0 Å². The Kier molecular flexibility index (Phi) is 5.19. The van der Waals surface area contributed by atoms with Crippen molar-refractivity contribution in [1.29, 1.82) is 0 Å². The van der Waals surface area contributed by atoms with Gasteiger partial charge in [0.2, 0.25) is 15.9 Å². The van der Waals surface area contributed by atoms with Crippen LogP contribution in [0.4, 0.5) is 8.78 Å². The monoisotopic (exact) mass is 383 g/mol. The quantitative estimate of drug-likeness (QED) is 0.812. The lowest BCUT2D eigenvalue weighted by molar-refractivity contribution is 0.124. The van der Waals surface area contributed by atoms with Gasteiger partial charge < -0.3 is 4.74 Å². The molecule has 0 bridgehead atoms. The molecule has 0 spiro atoms. The summed E-state index contributed by atoms with van der Waals surface area (Å²) in [6.45, 7) is 3.82. The highest BCUT2D eigenvalue weighted by molar-refractivity contribution is 7.89. The van der Waals surface area contributed by atoms with Gasteiger partial charge in [-0.25, -0.2) is 22.2 Å². The lowest BCUT2D eigenvalue weighted by Gasteiger charge is -2.32. The molecule has 9 heteroatoms. The van der Waals surface area contributed by atoms with E-state index in [9.17, 15) is 17.2 Å². The standard InChI is InChI=1S/C17H19F2N3O3S/c1-11-8-17(21-12(2)20-11)25-14-4-3-7-22(10-14)26(23,24)16-9-13(18)5-6-15(16)19/h5-6,8-9,14H,3-4,7,10H2,1-2H3. The molecule has 2 heterocycles. The van der Waals surface area contributed by atoms with E-state index in [1.54, 1.807) is 13.0 Å². The molecule has 6 nitrogen and oxygen atoms in total. The second kappa shape index (κ2) is 7.24. The second-order valence-corrected chi connectivity index (χ2v) is 8.12. The number of halogens is 2. The van der Waals surface area contributed by atoms with Gasteiger partial charge in [-0.05, 0) is 44.9 Å². The lowest BCUT2D eigenvalue weighted by Crippen LogP contribution is -2.44. The molecule has 1 aliphatic rings. The van der Waals surface area contributed by atoms with E-state index < -0.39 is 32.7 Å². The first-order chi connectivity index (χ1) is 12.3. The minimum atomic E-state index is -4.15. The SMILES string of the molecule is Cc1cc(OC2CCCN(S(=O)(=O)c3cc(F)ccc3F)C2)nc(C)n1. The average Bonchev–Trinajstić information content (AvgIpc) is 2.56. The maximum absolute atomic E-state index is 13.9. The fourth-order valence-corrected chi connectivity index (χ4v) is 4.53. The number of rotatable bonds is 4. The first kappa shape index (κ1) is 18.7. The first-order valence-electron chi connectivity index (χ1n) is 8.20. The summed E-state index contributed by atoms with van der Waals surface area (Å²) in [6, 6.07) is 4.07. The van der Waals surface area contributed by atoms with Gasteiger partial charge in [0.1, 0.15) is 28.5 Å². The van der Waals surface area contributed by atoms with Gasteiger partial charge in [-0.2, -0.15) is 9.29 Å². The van der Waals surface area contributed by atoms with Gasteiger partial charge in [-0.1, -0.05) is 0 Å². The molecule has 0 amide bonds. The summed E-state index contributed by atoms with van der Waals surface area (Å²) in [7, 11) is -4.15. The van der Waals surface area contributed by atoms with Crippen LogP contribution in [0.1, 0.15) is 24.4 Å². The normalized spacial score (nSPS) is 18.7. The molecule has 0 saturated carbocycles. The van der Waals surface area contributed by atoms with Crippen molar-refractivity contribution in [3.63, 3.8) is 0 Å². The van der Waals surface area contributed by atoms with Crippen molar-refractivity contribution in [3.05, 3.63) is 47.4 Å². The number of ether oxygens (including phenoxy) is 1. The predicted octanol–water partition coefficient (Wildman–Crippen LogP) is 2.60. The summed E-state index contributed by atoms with van der Waals surface area (Å²) >= 11 is 0. The number of sulfonamides is 1. The third-order valence-corrected chi connectivity index (χ3v) is 5.96. The maximum Gasteiger partial charge on any atom is 0.246 e. The van der Waals surface area contributed by atoms with Crippen LogP contribution >= 0.6 is 0 Å². The molecule has 0 N–H and O–H groups in total. The number of hydrogen-bond acceptors (Lipinski definition) is 5. The van der Waals surface area contributed by atoms with Gasteiger partial charge in [0.25, 0.3) is 0 Å². The molecule has 1 fully saturated rings. The Morgan fingerprint density at radius 3 is 2.69 bits per heavy atom. The predicted molar refractivity (Wildman–Crippen MR) is 90.3 cm³/mol. The summed E-state index contributed by atoms with van der Waals surface area (Å²) in [5.41, 5.74) is 0.745.